The van der Waals surface area contributed by atoms with E-state index >= 15 is 0 Å². The molecule has 172 valence electrons. The molecular formula is C24H25BrN4O4. The molecule has 2 aliphatic heterocycles. The number of aromatic nitrogens is 1. The first-order valence-electron chi connectivity index (χ1n) is 10.9. The van der Waals surface area contributed by atoms with E-state index in [-0.39, 0.29) is 30.8 Å². The summed E-state index contributed by atoms with van der Waals surface area (Å²) in [5, 5.41) is 23.2. The maximum atomic E-state index is 13.6. The number of hydrogen-bond donors (Lipinski definition) is 4. The van der Waals surface area contributed by atoms with Gasteiger partial charge in [0.05, 0.1) is 6.61 Å². The van der Waals surface area contributed by atoms with Crippen LogP contribution in [-0.2, 0) is 11.2 Å². The van der Waals surface area contributed by atoms with E-state index in [0.29, 0.717) is 19.5 Å². The lowest BCUT2D eigenvalue weighted by Crippen LogP contribution is -2.53. The van der Waals surface area contributed by atoms with Gasteiger partial charge in [-0.2, -0.15) is 0 Å². The van der Waals surface area contributed by atoms with E-state index in [1.54, 1.807) is 23.1 Å². The number of nitrogens with zero attached hydrogens (tertiary/aromatic N) is 2. The molecule has 5 rings (SSSR count). The van der Waals surface area contributed by atoms with E-state index in [1.165, 1.54) is 4.90 Å². The number of phenolic OH excluding ortho intramolecular Hbond substituents is 1. The minimum atomic E-state index is -1.06. The fourth-order valence-electron chi connectivity index (χ4n) is 5.12. The number of fused-ring (bicyclic) bond motifs is 4. The van der Waals surface area contributed by atoms with Gasteiger partial charge in [0.25, 0.3) is 5.91 Å². The van der Waals surface area contributed by atoms with Crippen molar-refractivity contribution in [2.24, 2.45) is 0 Å². The average Bonchev–Trinajstić information content (AvgIpc) is 3.22. The predicted molar refractivity (Wildman–Crippen MR) is 127 cm³/mol. The van der Waals surface area contributed by atoms with E-state index in [4.69, 9.17) is 5.11 Å². The summed E-state index contributed by atoms with van der Waals surface area (Å²) < 4.78 is 0.934. The zero-order chi connectivity index (χ0) is 23.3. The van der Waals surface area contributed by atoms with E-state index in [2.05, 4.69) is 26.2 Å². The number of aromatic amines is 1. The highest BCUT2D eigenvalue weighted by molar-refractivity contribution is 9.10. The standard InChI is InChI=1S/C24H25BrN4O4/c1-24-13-18-17-12-15(25)5-6-19(17)27-20(18)21(14-3-2-4-16(31)11-14)29(24)23(33)28(22(24)32)9-7-26-8-10-30/h2-6,11-12,21,26-27,30-31H,7-10,13H2,1H3/t21-,24+/m1/s1. The molecule has 2 aromatic carbocycles. The zero-order valence-electron chi connectivity index (χ0n) is 18.1. The second kappa shape index (κ2) is 8.16. The molecule has 0 aliphatic carbocycles. The number of aromatic hydroxyl groups is 1. The van der Waals surface area contributed by atoms with Crippen LogP contribution < -0.4 is 5.32 Å². The van der Waals surface area contributed by atoms with Gasteiger partial charge in [0, 0.05) is 47.1 Å². The molecule has 8 nitrogen and oxygen atoms in total. The highest BCUT2D eigenvalue weighted by Gasteiger charge is 2.60. The Morgan fingerprint density at radius 1 is 1.21 bits per heavy atom. The number of amides is 3. The number of rotatable bonds is 6. The molecule has 4 N–H and O–H groups in total. The van der Waals surface area contributed by atoms with Gasteiger partial charge >= 0.3 is 6.03 Å². The molecule has 0 spiro atoms. The van der Waals surface area contributed by atoms with Crippen LogP contribution in [0.5, 0.6) is 5.75 Å². The van der Waals surface area contributed by atoms with Crippen molar-refractivity contribution in [1.29, 1.82) is 0 Å². The van der Waals surface area contributed by atoms with E-state index < -0.39 is 11.6 Å². The molecule has 1 saturated heterocycles. The molecule has 0 bridgehead atoms. The molecule has 0 saturated carbocycles. The Kier molecular flexibility index (Phi) is 5.43. The highest BCUT2D eigenvalue weighted by atomic mass is 79.9. The van der Waals surface area contributed by atoms with Crippen LogP contribution in [0.15, 0.2) is 46.9 Å². The van der Waals surface area contributed by atoms with Crippen LogP contribution in [0.2, 0.25) is 0 Å². The van der Waals surface area contributed by atoms with E-state index in [0.717, 1.165) is 32.2 Å². The van der Waals surface area contributed by atoms with Gasteiger partial charge in [-0.25, -0.2) is 4.79 Å². The summed E-state index contributed by atoms with van der Waals surface area (Å²) in [5.41, 5.74) is 2.46. The first-order valence-corrected chi connectivity index (χ1v) is 11.7. The molecule has 0 radical (unpaired) electrons. The Morgan fingerprint density at radius 2 is 2.03 bits per heavy atom. The summed E-state index contributed by atoms with van der Waals surface area (Å²) in [6.45, 7) is 2.83. The van der Waals surface area contributed by atoms with Gasteiger partial charge < -0.3 is 20.5 Å². The monoisotopic (exact) mass is 512 g/mol. The molecule has 3 aromatic rings. The van der Waals surface area contributed by atoms with Crippen LogP contribution in [0.25, 0.3) is 10.9 Å². The van der Waals surface area contributed by atoms with Crippen LogP contribution in [0.3, 0.4) is 0 Å². The largest absolute Gasteiger partial charge is 0.508 e. The fraction of sp³-hybridized carbons (Fsp3) is 0.333. The highest BCUT2D eigenvalue weighted by Crippen LogP contribution is 2.49. The molecule has 2 atom stereocenters. The van der Waals surface area contributed by atoms with Crippen molar-refractivity contribution in [3.63, 3.8) is 0 Å². The Balaban J connectivity index is 1.65. The molecule has 0 unspecified atom stereocenters. The zero-order valence-corrected chi connectivity index (χ0v) is 19.7. The number of urea groups is 1. The SMILES string of the molecule is C[C@@]12Cc3c([nH]c4ccc(Br)cc34)[C@@H](c3cccc(O)c3)N1C(=O)N(CCNCCO)C2=O. The van der Waals surface area contributed by atoms with Crippen molar-refractivity contribution >= 4 is 38.8 Å². The number of carbonyl (C=O) groups is 2. The third-order valence-corrected chi connectivity index (χ3v) is 7.11. The van der Waals surface area contributed by atoms with Gasteiger partial charge in [-0.15, -0.1) is 0 Å². The number of carbonyl (C=O) groups excluding carboxylic acids is 2. The Hall–Kier alpha value is -2.88. The lowest BCUT2D eigenvalue weighted by atomic mass is 9.81. The minimum absolute atomic E-state index is 0.0113. The van der Waals surface area contributed by atoms with Crippen LogP contribution >= 0.6 is 15.9 Å². The molecule has 1 aromatic heterocycles. The third kappa shape index (κ3) is 3.42. The number of aliphatic hydroxyl groups excluding tert-OH is 1. The number of halogens is 1. The number of imide groups is 1. The van der Waals surface area contributed by atoms with Crippen molar-refractivity contribution in [2.75, 3.05) is 26.2 Å². The molecule has 33 heavy (non-hydrogen) atoms. The van der Waals surface area contributed by atoms with Crippen molar-refractivity contribution in [3.05, 3.63) is 63.8 Å². The quantitative estimate of drug-likeness (QED) is 0.300. The molecule has 1 fully saturated rings. The lowest BCUT2D eigenvalue weighted by Gasteiger charge is -2.42. The van der Waals surface area contributed by atoms with Gasteiger partial charge in [-0.1, -0.05) is 28.1 Å². The summed E-state index contributed by atoms with van der Waals surface area (Å²) >= 11 is 3.55. The molecule has 2 aliphatic rings. The Bertz CT molecular complexity index is 1260. The van der Waals surface area contributed by atoms with Crippen molar-refractivity contribution in [2.45, 2.75) is 24.9 Å². The van der Waals surface area contributed by atoms with Crippen molar-refractivity contribution < 1.29 is 19.8 Å². The van der Waals surface area contributed by atoms with Gasteiger partial charge in [-0.3, -0.25) is 14.6 Å². The van der Waals surface area contributed by atoms with Crippen LogP contribution in [0.4, 0.5) is 4.79 Å². The maximum absolute atomic E-state index is 13.6. The normalized spacial score (nSPS) is 22.2. The van der Waals surface area contributed by atoms with Crippen molar-refractivity contribution in [1.82, 2.24) is 20.1 Å². The van der Waals surface area contributed by atoms with Gasteiger partial charge in [0.15, 0.2) is 0 Å². The van der Waals surface area contributed by atoms with E-state index in [9.17, 15) is 14.7 Å². The molecular weight excluding hydrogens is 488 g/mol. The summed E-state index contributed by atoms with van der Waals surface area (Å²) in [7, 11) is 0. The van der Waals surface area contributed by atoms with Gasteiger partial charge in [-0.05, 0) is 48.4 Å². The van der Waals surface area contributed by atoms with Crippen molar-refractivity contribution in [3.8, 4) is 5.75 Å². The summed E-state index contributed by atoms with van der Waals surface area (Å²) in [5.74, 6) is -0.137. The first kappa shape index (κ1) is 21.9. The minimum Gasteiger partial charge on any atom is -0.508 e. The third-order valence-electron chi connectivity index (χ3n) is 6.62. The average molecular weight is 513 g/mol. The fourth-order valence-corrected chi connectivity index (χ4v) is 5.48. The second-order valence-electron chi connectivity index (χ2n) is 8.74. The van der Waals surface area contributed by atoms with Crippen LogP contribution in [0.1, 0.15) is 29.8 Å². The number of aliphatic hydroxyl groups is 1. The molecule has 9 heteroatoms. The van der Waals surface area contributed by atoms with Crippen LogP contribution in [0, 0.1) is 0 Å². The number of phenols is 1. The number of nitrogens with one attached hydrogen (secondary N) is 2. The van der Waals surface area contributed by atoms with Crippen LogP contribution in [-0.4, -0.2) is 68.7 Å². The molecule has 3 amide bonds. The molecule has 3 heterocycles. The summed E-state index contributed by atoms with van der Waals surface area (Å²) in [6, 6.07) is 11.9. The Morgan fingerprint density at radius 3 is 2.79 bits per heavy atom. The number of benzene rings is 2. The first-order chi connectivity index (χ1) is 15.8. The number of hydrogen-bond acceptors (Lipinski definition) is 5. The second-order valence-corrected chi connectivity index (χ2v) is 9.65. The maximum Gasteiger partial charge on any atom is 0.328 e. The van der Waals surface area contributed by atoms with Gasteiger partial charge in [0.1, 0.15) is 17.3 Å². The van der Waals surface area contributed by atoms with E-state index in [1.807, 2.05) is 31.2 Å². The van der Waals surface area contributed by atoms with Gasteiger partial charge in [0.2, 0.25) is 0 Å². The summed E-state index contributed by atoms with van der Waals surface area (Å²) in [4.78, 5) is 33.7. The lowest BCUT2D eigenvalue weighted by molar-refractivity contribution is -0.133. The summed E-state index contributed by atoms with van der Waals surface area (Å²) in [6.07, 6.45) is 0.388. The number of H-pyrrole nitrogens is 1. The smallest absolute Gasteiger partial charge is 0.328 e. The Labute approximate surface area is 199 Å². The topological polar surface area (TPSA) is 109 Å². The predicted octanol–water partition coefficient (Wildman–Crippen LogP) is 2.89.